The van der Waals surface area contributed by atoms with Crippen LogP contribution in [0.4, 0.5) is 22.0 Å². The fraction of sp³-hybridized carbons (Fsp3) is 0. The van der Waals surface area contributed by atoms with Crippen molar-refractivity contribution in [2.24, 2.45) is 0 Å². The molecule has 0 saturated heterocycles. The van der Waals surface area contributed by atoms with E-state index in [-0.39, 0.29) is 0 Å². The molecule has 5 heteroatoms. The first-order chi connectivity index (χ1) is 14.9. The highest BCUT2D eigenvalue weighted by atomic mass is 19.3. The summed E-state index contributed by atoms with van der Waals surface area (Å²) in [6.45, 7) is 7.70. The summed E-state index contributed by atoms with van der Waals surface area (Å²) in [5.74, 6) is -5.03. The Labute approximate surface area is 178 Å². The average molecular weight is 426 g/mol. The summed E-state index contributed by atoms with van der Waals surface area (Å²) in [4.78, 5) is 0. The van der Waals surface area contributed by atoms with Gasteiger partial charge in [-0.1, -0.05) is 92.1 Å². The van der Waals surface area contributed by atoms with Crippen LogP contribution in [0.2, 0.25) is 0 Å². The third-order valence-corrected chi connectivity index (χ3v) is 4.21. The largest absolute Gasteiger partial charge is 0.306 e. The summed E-state index contributed by atoms with van der Waals surface area (Å²) >= 11 is 0. The van der Waals surface area contributed by atoms with Crippen LogP contribution in [-0.2, 0) is 0 Å². The van der Waals surface area contributed by atoms with Gasteiger partial charge in [-0.2, -0.15) is 8.78 Å². The third kappa shape index (κ3) is 6.37. The van der Waals surface area contributed by atoms with Crippen molar-refractivity contribution >= 4 is 30.1 Å². The molecule has 0 aromatic heterocycles. The van der Waals surface area contributed by atoms with Crippen LogP contribution < -0.4 is 0 Å². The quantitative estimate of drug-likeness (QED) is 0.283. The van der Waals surface area contributed by atoms with Gasteiger partial charge in [-0.05, 0) is 34.4 Å². The van der Waals surface area contributed by atoms with Gasteiger partial charge < -0.3 is 0 Å². The molecule has 3 rings (SSSR count). The van der Waals surface area contributed by atoms with Gasteiger partial charge in [-0.15, -0.1) is 0 Å². The molecule has 0 aliphatic rings. The third-order valence-electron chi connectivity index (χ3n) is 4.21. The number of halogens is 5. The van der Waals surface area contributed by atoms with Crippen LogP contribution in [0.25, 0.3) is 30.1 Å². The van der Waals surface area contributed by atoms with Gasteiger partial charge in [0.1, 0.15) is 0 Å². The van der Waals surface area contributed by atoms with Crippen LogP contribution in [0.1, 0.15) is 27.8 Å². The number of rotatable bonds is 5. The Morgan fingerprint density at radius 2 is 1.32 bits per heavy atom. The molecule has 3 aromatic carbocycles. The molecule has 0 nitrogen and oxygen atoms in total. The van der Waals surface area contributed by atoms with Crippen LogP contribution in [0.3, 0.4) is 0 Å². The molecule has 3 aromatic rings. The molecule has 0 heterocycles. The van der Waals surface area contributed by atoms with Crippen molar-refractivity contribution in [2.45, 2.75) is 0 Å². The second-order valence-electron chi connectivity index (χ2n) is 6.18. The Hall–Kier alpha value is -3.73. The summed E-state index contributed by atoms with van der Waals surface area (Å²) in [6.07, 6.45) is 5.28. The molecule has 0 spiro atoms. The van der Waals surface area contributed by atoms with E-state index in [0.717, 1.165) is 28.8 Å². The summed E-state index contributed by atoms with van der Waals surface area (Å²) in [6, 6.07) is 18.8. The molecule has 0 fully saturated rings. The number of hydrogen-bond acceptors (Lipinski definition) is 0. The lowest BCUT2D eigenvalue weighted by molar-refractivity contribution is 0.408. The maximum atomic E-state index is 12.6. The Morgan fingerprint density at radius 1 is 0.677 bits per heavy atom. The van der Waals surface area contributed by atoms with Crippen molar-refractivity contribution < 1.29 is 22.0 Å². The topological polar surface area (TPSA) is 0 Å². The maximum absolute atomic E-state index is 12.6. The van der Waals surface area contributed by atoms with Gasteiger partial charge in [0.2, 0.25) is 0 Å². The van der Waals surface area contributed by atoms with Crippen LogP contribution in [0.5, 0.6) is 0 Å². The Morgan fingerprint density at radius 3 is 1.94 bits per heavy atom. The predicted octanol–water partition coefficient (Wildman–Crippen LogP) is 8.64. The predicted molar refractivity (Wildman–Crippen MR) is 119 cm³/mol. The molecule has 0 saturated carbocycles. The van der Waals surface area contributed by atoms with Crippen LogP contribution >= 0.6 is 0 Å². The van der Waals surface area contributed by atoms with Crippen molar-refractivity contribution in [3.8, 4) is 0 Å². The SMILES string of the molecule is C=Cc1cccc(C=Cc2ccccc2)c1C=C.FC(F)=C(F)c1cccc(F)c1F. The highest BCUT2D eigenvalue weighted by Gasteiger charge is 2.15. The maximum Gasteiger partial charge on any atom is 0.306 e. The summed E-state index contributed by atoms with van der Waals surface area (Å²) in [5.41, 5.74) is 3.52. The molecular weight excluding hydrogens is 407 g/mol. The van der Waals surface area contributed by atoms with Gasteiger partial charge in [-0.3, -0.25) is 0 Å². The number of hydrogen-bond donors (Lipinski definition) is 0. The van der Waals surface area contributed by atoms with Crippen molar-refractivity contribution in [1.29, 1.82) is 0 Å². The minimum absolute atomic E-state index is 0.711. The van der Waals surface area contributed by atoms with E-state index in [1.54, 1.807) is 0 Å². The van der Waals surface area contributed by atoms with E-state index < -0.39 is 29.1 Å². The Balaban J connectivity index is 0.000000233. The van der Waals surface area contributed by atoms with E-state index in [0.29, 0.717) is 6.07 Å². The lowest BCUT2D eigenvalue weighted by Crippen LogP contribution is -1.90. The standard InChI is InChI=1S/C18H16.C8H3F5/c1-3-16-11-8-12-17(18(16)4-2)14-13-15-9-6-5-7-10-15;9-5-3-1-2-4(6(5)10)7(11)8(12)13/h3-14H,1-2H2;1-3H. The summed E-state index contributed by atoms with van der Waals surface area (Å²) in [5, 5.41) is 0. The van der Waals surface area contributed by atoms with Crippen molar-refractivity contribution in [3.63, 3.8) is 0 Å². The van der Waals surface area contributed by atoms with E-state index in [1.807, 2.05) is 42.5 Å². The first-order valence-electron chi connectivity index (χ1n) is 9.15. The minimum Gasteiger partial charge on any atom is -0.204 e. The van der Waals surface area contributed by atoms with Gasteiger partial charge in [0.05, 0.1) is 5.56 Å². The molecule has 158 valence electrons. The Bertz CT molecular complexity index is 1110. The molecule has 0 amide bonds. The van der Waals surface area contributed by atoms with Crippen molar-refractivity contribution in [2.75, 3.05) is 0 Å². The molecular formula is C26H19F5. The molecule has 0 unspecified atom stereocenters. The zero-order valence-corrected chi connectivity index (χ0v) is 16.5. The highest BCUT2D eigenvalue weighted by Crippen LogP contribution is 2.25. The van der Waals surface area contributed by atoms with E-state index in [2.05, 4.69) is 43.5 Å². The highest BCUT2D eigenvalue weighted by molar-refractivity contribution is 5.78. The molecule has 0 aliphatic heterocycles. The normalized spacial score (nSPS) is 10.2. The average Bonchev–Trinajstić information content (AvgIpc) is 2.79. The van der Waals surface area contributed by atoms with Crippen LogP contribution in [0, 0.1) is 11.6 Å². The summed E-state index contributed by atoms with van der Waals surface area (Å²) < 4.78 is 60.7. The van der Waals surface area contributed by atoms with E-state index >= 15 is 0 Å². The fourth-order valence-electron chi connectivity index (χ4n) is 2.69. The van der Waals surface area contributed by atoms with E-state index in [9.17, 15) is 22.0 Å². The zero-order chi connectivity index (χ0) is 22.8. The van der Waals surface area contributed by atoms with Gasteiger partial charge in [0.25, 0.3) is 0 Å². The van der Waals surface area contributed by atoms with Crippen LogP contribution in [-0.4, -0.2) is 0 Å². The van der Waals surface area contributed by atoms with E-state index in [4.69, 9.17) is 0 Å². The van der Waals surface area contributed by atoms with Gasteiger partial charge >= 0.3 is 6.08 Å². The van der Waals surface area contributed by atoms with Crippen molar-refractivity contribution in [1.82, 2.24) is 0 Å². The van der Waals surface area contributed by atoms with Gasteiger partial charge in [0.15, 0.2) is 17.5 Å². The fourth-order valence-corrected chi connectivity index (χ4v) is 2.69. The number of benzene rings is 3. The first-order valence-corrected chi connectivity index (χ1v) is 9.15. The lowest BCUT2D eigenvalue weighted by atomic mass is 10.00. The van der Waals surface area contributed by atoms with Gasteiger partial charge in [0, 0.05) is 0 Å². The molecule has 0 N–H and O–H groups in total. The summed E-state index contributed by atoms with van der Waals surface area (Å²) in [7, 11) is 0. The molecule has 0 radical (unpaired) electrons. The minimum atomic E-state index is -2.68. The monoisotopic (exact) mass is 426 g/mol. The molecule has 0 bridgehead atoms. The van der Waals surface area contributed by atoms with Crippen LogP contribution in [0.15, 0.2) is 86.0 Å². The second kappa shape index (κ2) is 11.5. The molecule has 31 heavy (non-hydrogen) atoms. The second-order valence-corrected chi connectivity index (χ2v) is 6.18. The first kappa shape index (κ1) is 23.5. The molecule has 0 atom stereocenters. The van der Waals surface area contributed by atoms with E-state index in [1.165, 1.54) is 5.56 Å². The zero-order valence-electron chi connectivity index (χ0n) is 16.5. The lowest BCUT2D eigenvalue weighted by Gasteiger charge is -2.05. The van der Waals surface area contributed by atoms with Crippen molar-refractivity contribution in [3.05, 3.63) is 125 Å². The smallest absolute Gasteiger partial charge is 0.204 e. The Kier molecular flexibility index (Phi) is 8.70. The molecule has 0 aliphatic carbocycles. The van der Waals surface area contributed by atoms with Gasteiger partial charge in [-0.25, -0.2) is 13.2 Å².